The van der Waals surface area contributed by atoms with Gasteiger partial charge < -0.3 is 5.11 Å². The number of rotatable bonds is 2. The topological polar surface area (TPSA) is 44.0 Å². The standard InChI is InChI=1S/C5H9NOS/c1-4(2)5(7)8-3-6/h4-5,7H,1-2H3. The van der Waals surface area contributed by atoms with Crippen LogP contribution in [0.5, 0.6) is 0 Å². The van der Waals surface area contributed by atoms with Crippen molar-refractivity contribution in [1.82, 2.24) is 0 Å². The van der Waals surface area contributed by atoms with Crippen LogP contribution in [0.25, 0.3) is 0 Å². The van der Waals surface area contributed by atoms with E-state index in [1.807, 2.05) is 19.2 Å². The Kier molecular flexibility index (Phi) is 3.67. The Morgan fingerprint density at radius 1 is 1.62 bits per heavy atom. The second-order valence-corrected chi connectivity index (χ2v) is 2.74. The van der Waals surface area contributed by atoms with Crippen molar-refractivity contribution in [2.75, 3.05) is 0 Å². The largest absolute Gasteiger partial charge is 0.381 e. The van der Waals surface area contributed by atoms with Crippen LogP contribution in [0.4, 0.5) is 0 Å². The predicted molar refractivity (Wildman–Crippen MR) is 34.0 cm³/mol. The second-order valence-electron chi connectivity index (χ2n) is 1.84. The maximum absolute atomic E-state index is 8.87. The zero-order chi connectivity index (χ0) is 6.57. The lowest BCUT2D eigenvalue weighted by Gasteiger charge is -2.06. The van der Waals surface area contributed by atoms with E-state index in [1.165, 1.54) is 0 Å². The summed E-state index contributed by atoms with van der Waals surface area (Å²) in [6.45, 7) is 3.74. The molecule has 8 heavy (non-hydrogen) atoms. The zero-order valence-corrected chi connectivity index (χ0v) is 5.77. The van der Waals surface area contributed by atoms with Gasteiger partial charge in [0.1, 0.15) is 10.8 Å². The molecular formula is C5H9NOS. The maximum Gasteiger partial charge on any atom is 0.136 e. The third-order valence-electron chi connectivity index (χ3n) is 0.744. The van der Waals surface area contributed by atoms with Crippen LogP contribution >= 0.6 is 11.8 Å². The van der Waals surface area contributed by atoms with Crippen molar-refractivity contribution in [3.8, 4) is 5.40 Å². The first-order valence-electron chi connectivity index (χ1n) is 2.41. The molecule has 0 aliphatic rings. The molecule has 1 unspecified atom stereocenters. The molecule has 0 saturated carbocycles. The van der Waals surface area contributed by atoms with Gasteiger partial charge in [-0.1, -0.05) is 13.8 Å². The lowest BCUT2D eigenvalue weighted by molar-refractivity contribution is 0.213. The molecule has 0 aliphatic carbocycles. The van der Waals surface area contributed by atoms with Crippen LogP contribution in [0, 0.1) is 16.6 Å². The highest BCUT2D eigenvalue weighted by Crippen LogP contribution is 2.13. The minimum atomic E-state index is -0.528. The fourth-order valence-electron chi connectivity index (χ4n) is 0.190. The Balaban J connectivity index is 3.35. The molecular weight excluding hydrogens is 122 g/mol. The first kappa shape index (κ1) is 7.80. The summed E-state index contributed by atoms with van der Waals surface area (Å²) in [5.41, 5.74) is -0.528. The molecule has 2 nitrogen and oxygen atoms in total. The van der Waals surface area contributed by atoms with Crippen molar-refractivity contribution in [1.29, 1.82) is 5.26 Å². The number of aliphatic hydroxyl groups excluding tert-OH is 1. The molecule has 0 rings (SSSR count). The molecule has 0 saturated heterocycles. The van der Waals surface area contributed by atoms with Crippen LogP contribution in [0.2, 0.25) is 0 Å². The van der Waals surface area contributed by atoms with E-state index in [2.05, 4.69) is 0 Å². The van der Waals surface area contributed by atoms with Gasteiger partial charge in [-0.2, -0.15) is 5.26 Å². The van der Waals surface area contributed by atoms with E-state index in [4.69, 9.17) is 10.4 Å². The zero-order valence-electron chi connectivity index (χ0n) is 4.96. The van der Waals surface area contributed by atoms with Gasteiger partial charge in [0, 0.05) is 0 Å². The van der Waals surface area contributed by atoms with Gasteiger partial charge in [-0.15, -0.1) is 0 Å². The molecule has 46 valence electrons. The van der Waals surface area contributed by atoms with Crippen molar-refractivity contribution in [2.24, 2.45) is 5.92 Å². The van der Waals surface area contributed by atoms with Crippen molar-refractivity contribution in [2.45, 2.75) is 19.3 Å². The van der Waals surface area contributed by atoms with E-state index >= 15 is 0 Å². The number of aliphatic hydroxyl groups is 1. The molecule has 1 atom stereocenters. The van der Waals surface area contributed by atoms with Crippen molar-refractivity contribution in [3.05, 3.63) is 0 Å². The summed E-state index contributed by atoms with van der Waals surface area (Å²) in [5.74, 6) is 0.166. The first-order chi connectivity index (χ1) is 3.68. The quantitative estimate of drug-likeness (QED) is 0.452. The Hall–Kier alpha value is -0.200. The SMILES string of the molecule is CC(C)C(O)SC#N. The van der Waals surface area contributed by atoms with Crippen LogP contribution in [0.1, 0.15) is 13.8 Å². The van der Waals surface area contributed by atoms with Gasteiger partial charge in [0.15, 0.2) is 0 Å². The fraction of sp³-hybridized carbons (Fsp3) is 0.800. The predicted octanol–water partition coefficient (Wildman–Crippen LogP) is 1.18. The summed E-state index contributed by atoms with van der Waals surface area (Å²) in [6.07, 6.45) is 0. The summed E-state index contributed by atoms with van der Waals surface area (Å²) < 4.78 is 0. The van der Waals surface area contributed by atoms with Gasteiger partial charge in [0.05, 0.1) is 0 Å². The van der Waals surface area contributed by atoms with Crippen LogP contribution in [0.15, 0.2) is 0 Å². The lowest BCUT2D eigenvalue weighted by atomic mass is 10.2. The van der Waals surface area contributed by atoms with Crippen molar-refractivity contribution in [3.63, 3.8) is 0 Å². The highest BCUT2D eigenvalue weighted by molar-refractivity contribution is 8.04. The van der Waals surface area contributed by atoms with Crippen LogP contribution < -0.4 is 0 Å². The average molecular weight is 131 g/mol. The summed E-state index contributed by atoms with van der Waals surface area (Å²) in [6, 6.07) is 0. The number of nitrogens with zero attached hydrogens (tertiary/aromatic N) is 1. The molecule has 3 heteroatoms. The molecule has 0 bridgehead atoms. The molecule has 0 spiro atoms. The smallest absolute Gasteiger partial charge is 0.136 e. The molecule has 0 heterocycles. The van der Waals surface area contributed by atoms with Gasteiger partial charge in [-0.25, -0.2) is 0 Å². The Bertz CT molecular complexity index is 97.1. The van der Waals surface area contributed by atoms with Crippen molar-refractivity contribution >= 4 is 11.8 Å². The molecule has 0 aromatic rings. The highest BCUT2D eigenvalue weighted by Gasteiger charge is 2.07. The maximum atomic E-state index is 8.87. The van der Waals surface area contributed by atoms with E-state index in [1.54, 1.807) is 0 Å². The average Bonchev–Trinajstić information content (AvgIpc) is 1.67. The number of thioether (sulfide) groups is 1. The Morgan fingerprint density at radius 3 is 2.25 bits per heavy atom. The van der Waals surface area contributed by atoms with E-state index in [9.17, 15) is 0 Å². The summed E-state index contributed by atoms with van der Waals surface area (Å²) >= 11 is 0.900. The van der Waals surface area contributed by atoms with Gasteiger partial charge in [0.25, 0.3) is 0 Å². The van der Waals surface area contributed by atoms with E-state index in [-0.39, 0.29) is 5.92 Å². The molecule has 0 aromatic carbocycles. The lowest BCUT2D eigenvalue weighted by Crippen LogP contribution is -2.07. The molecule has 0 radical (unpaired) electrons. The third-order valence-corrected chi connectivity index (χ3v) is 1.63. The van der Waals surface area contributed by atoms with Crippen molar-refractivity contribution < 1.29 is 5.11 Å². The van der Waals surface area contributed by atoms with Gasteiger partial charge >= 0.3 is 0 Å². The minimum Gasteiger partial charge on any atom is -0.381 e. The second kappa shape index (κ2) is 3.76. The normalized spacial score (nSPS) is 13.4. The Morgan fingerprint density at radius 2 is 2.12 bits per heavy atom. The van der Waals surface area contributed by atoms with Gasteiger partial charge in [-0.05, 0) is 17.7 Å². The van der Waals surface area contributed by atoms with Gasteiger partial charge in [-0.3, -0.25) is 0 Å². The van der Waals surface area contributed by atoms with E-state index in [0.29, 0.717) is 0 Å². The first-order valence-corrected chi connectivity index (χ1v) is 3.29. The van der Waals surface area contributed by atoms with Gasteiger partial charge in [0.2, 0.25) is 0 Å². The molecule has 0 amide bonds. The number of hydrogen-bond acceptors (Lipinski definition) is 3. The van der Waals surface area contributed by atoms with Crippen LogP contribution in [-0.2, 0) is 0 Å². The molecule has 0 fully saturated rings. The van der Waals surface area contributed by atoms with Crippen LogP contribution in [0.3, 0.4) is 0 Å². The number of thiocyanates is 1. The summed E-state index contributed by atoms with van der Waals surface area (Å²) in [7, 11) is 0. The fourth-order valence-corrected chi connectivity index (χ4v) is 0.570. The molecule has 0 aromatic heterocycles. The molecule has 0 aliphatic heterocycles. The molecule has 1 N–H and O–H groups in total. The minimum absolute atomic E-state index is 0.166. The Labute approximate surface area is 53.5 Å². The van der Waals surface area contributed by atoms with E-state index in [0.717, 1.165) is 11.8 Å². The summed E-state index contributed by atoms with van der Waals surface area (Å²) in [5, 5.41) is 18.7. The van der Waals surface area contributed by atoms with E-state index < -0.39 is 5.44 Å². The highest BCUT2D eigenvalue weighted by atomic mass is 32.2. The summed E-state index contributed by atoms with van der Waals surface area (Å²) in [4.78, 5) is 0. The van der Waals surface area contributed by atoms with Crippen LogP contribution in [-0.4, -0.2) is 10.5 Å². The third kappa shape index (κ3) is 2.89. The monoisotopic (exact) mass is 131 g/mol. The number of nitriles is 1. The number of hydrogen-bond donors (Lipinski definition) is 1.